The number of aromatic nitrogens is 1. The van der Waals surface area contributed by atoms with Gasteiger partial charge in [0.2, 0.25) is 5.91 Å². The number of ether oxygens (including phenoxy) is 1. The van der Waals surface area contributed by atoms with E-state index in [1.165, 1.54) is 0 Å². The van der Waals surface area contributed by atoms with Gasteiger partial charge < -0.3 is 14.5 Å². The van der Waals surface area contributed by atoms with E-state index in [-0.39, 0.29) is 24.5 Å². The molecule has 150 valence electrons. The first-order chi connectivity index (χ1) is 14.0. The van der Waals surface area contributed by atoms with Crippen LogP contribution in [-0.4, -0.2) is 23.3 Å². The van der Waals surface area contributed by atoms with Gasteiger partial charge in [-0.25, -0.2) is 4.98 Å². The number of hydrogen-bond acceptors (Lipinski definition) is 5. The number of nitrogens with one attached hydrogen (secondary N) is 1. The van der Waals surface area contributed by atoms with Gasteiger partial charge in [-0.15, -0.1) is 0 Å². The third kappa shape index (κ3) is 6.31. The summed E-state index contributed by atoms with van der Waals surface area (Å²) in [5, 5.41) is 2.72. The van der Waals surface area contributed by atoms with E-state index in [1.807, 2.05) is 56.3 Å². The monoisotopic (exact) mass is 392 g/mol. The van der Waals surface area contributed by atoms with Crippen LogP contribution in [-0.2, 0) is 22.4 Å². The van der Waals surface area contributed by atoms with Crippen LogP contribution in [0.3, 0.4) is 0 Å². The number of carbonyl (C=O) groups is 2. The Labute approximate surface area is 169 Å². The second-order valence-electron chi connectivity index (χ2n) is 6.78. The second-order valence-corrected chi connectivity index (χ2v) is 6.78. The van der Waals surface area contributed by atoms with Crippen molar-refractivity contribution in [3.05, 3.63) is 77.5 Å². The average molecular weight is 392 g/mol. The molecule has 0 saturated carbocycles. The van der Waals surface area contributed by atoms with E-state index in [0.29, 0.717) is 24.6 Å². The van der Waals surface area contributed by atoms with Crippen LogP contribution in [0.5, 0.6) is 5.75 Å². The highest BCUT2D eigenvalue weighted by molar-refractivity contribution is 6.04. The zero-order valence-corrected chi connectivity index (χ0v) is 16.6. The lowest BCUT2D eigenvalue weighted by Gasteiger charge is -2.07. The Hall–Kier alpha value is -3.41. The van der Waals surface area contributed by atoms with Crippen LogP contribution in [0, 0.1) is 13.8 Å². The molecule has 0 bridgehead atoms. The van der Waals surface area contributed by atoms with Crippen molar-refractivity contribution in [1.82, 2.24) is 4.98 Å². The highest BCUT2D eigenvalue weighted by atomic mass is 16.5. The van der Waals surface area contributed by atoms with Gasteiger partial charge in [-0.3, -0.25) is 9.59 Å². The summed E-state index contributed by atoms with van der Waals surface area (Å²) in [6, 6.07) is 16.4. The second kappa shape index (κ2) is 9.68. The van der Waals surface area contributed by atoms with Crippen LogP contribution in [0.25, 0.3) is 0 Å². The number of hydrogen-bond donors (Lipinski definition) is 1. The van der Waals surface area contributed by atoms with Crippen molar-refractivity contribution in [1.29, 1.82) is 0 Å². The molecule has 29 heavy (non-hydrogen) atoms. The highest BCUT2D eigenvalue weighted by Gasteiger charge is 2.11. The first kappa shape index (κ1) is 20.3. The number of ketones is 1. The van der Waals surface area contributed by atoms with Gasteiger partial charge in [-0.2, -0.15) is 0 Å². The molecular formula is C23H24N2O4. The van der Waals surface area contributed by atoms with E-state index in [9.17, 15) is 9.59 Å². The minimum Gasteiger partial charge on any atom is -0.493 e. The number of para-hydroxylation sites is 1. The third-order valence-electron chi connectivity index (χ3n) is 4.35. The maximum Gasteiger partial charge on any atom is 0.231 e. The Balaban J connectivity index is 1.43. The Morgan fingerprint density at radius 1 is 1.03 bits per heavy atom. The highest BCUT2D eigenvalue weighted by Crippen LogP contribution is 2.15. The normalized spacial score (nSPS) is 10.6. The number of carbonyl (C=O) groups excluding carboxylic acids is 2. The number of anilines is 1. The number of aryl methyl sites for hydroxylation is 2. The van der Waals surface area contributed by atoms with Crippen LogP contribution in [0.15, 0.2) is 59.0 Å². The first-order valence-corrected chi connectivity index (χ1v) is 9.51. The molecule has 0 radical (unpaired) electrons. The molecule has 0 aliphatic rings. The third-order valence-corrected chi connectivity index (χ3v) is 4.35. The summed E-state index contributed by atoms with van der Waals surface area (Å²) in [5.74, 6) is 1.75. The fourth-order valence-electron chi connectivity index (χ4n) is 2.97. The number of Topliss-reactive ketones (excluding diaryl/α,β-unsaturated/α-hetero) is 1. The predicted molar refractivity (Wildman–Crippen MR) is 110 cm³/mol. The molecule has 0 aliphatic heterocycles. The molecule has 1 N–H and O–H groups in total. The van der Waals surface area contributed by atoms with Gasteiger partial charge in [0.15, 0.2) is 5.89 Å². The minimum atomic E-state index is -0.306. The number of benzene rings is 2. The Bertz CT molecular complexity index is 962. The Morgan fingerprint density at radius 2 is 1.76 bits per heavy atom. The molecule has 2 aromatic carbocycles. The molecule has 3 aromatic rings. The van der Waals surface area contributed by atoms with Gasteiger partial charge >= 0.3 is 0 Å². The van der Waals surface area contributed by atoms with Crippen molar-refractivity contribution < 1.29 is 18.7 Å². The van der Waals surface area contributed by atoms with Crippen molar-refractivity contribution in [3.63, 3.8) is 0 Å². The van der Waals surface area contributed by atoms with Gasteiger partial charge in [-0.05, 0) is 36.8 Å². The lowest BCUT2D eigenvalue weighted by atomic mass is 10.1. The lowest BCUT2D eigenvalue weighted by Crippen LogP contribution is -2.17. The summed E-state index contributed by atoms with van der Waals surface area (Å²) in [7, 11) is 0. The van der Waals surface area contributed by atoms with Crippen LogP contribution < -0.4 is 10.1 Å². The van der Waals surface area contributed by atoms with Gasteiger partial charge in [0.25, 0.3) is 0 Å². The molecule has 0 atom stereocenters. The molecule has 0 spiro atoms. The SMILES string of the molecule is Cc1nc(CCOc2ccc(CC(=O)CC(=O)Nc3ccccc3)cc2)c(C)o1. The quantitative estimate of drug-likeness (QED) is 0.556. The van der Waals surface area contributed by atoms with Gasteiger partial charge in [0.1, 0.15) is 17.3 Å². The molecule has 0 fully saturated rings. The van der Waals surface area contributed by atoms with Gasteiger partial charge in [0, 0.05) is 25.5 Å². The predicted octanol–water partition coefficient (Wildman–Crippen LogP) is 4.05. The first-order valence-electron chi connectivity index (χ1n) is 9.51. The molecular weight excluding hydrogens is 368 g/mol. The van der Waals surface area contributed by atoms with Crippen molar-refractivity contribution in [2.24, 2.45) is 0 Å². The molecule has 0 aliphatic carbocycles. The van der Waals surface area contributed by atoms with Crippen LogP contribution >= 0.6 is 0 Å². The molecule has 6 heteroatoms. The van der Waals surface area contributed by atoms with E-state index in [0.717, 1.165) is 22.8 Å². The van der Waals surface area contributed by atoms with E-state index >= 15 is 0 Å². The fraction of sp³-hybridized carbons (Fsp3) is 0.261. The molecule has 1 heterocycles. The van der Waals surface area contributed by atoms with Crippen molar-refractivity contribution >= 4 is 17.4 Å². The smallest absolute Gasteiger partial charge is 0.231 e. The summed E-state index contributed by atoms with van der Waals surface area (Å²) in [4.78, 5) is 28.4. The van der Waals surface area contributed by atoms with Crippen LogP contribution in [0.1, 0.15) is 29.3 Å². The summed E-state index contributed by atoms with van der Waals surface area (Å²) >= 11 is 0. The van der Waals surface area contributed by atoms with Crippen molar-refractivity contribution in [2.45, 2.75) is 33.1 Å². The largest absolute Gasteiger partial charge is 0.493 e. The number of oxazole rings is 1. The molecule has 1 amide bonds. The summed E-state index contributed by atoms with van der Waals surface area (Å²) < 4.78 is 11.1. The number of rotatable bonds is 9. The molecule has 0 unspecified atom stereocenters. The molecule has 3 rings (SSSR count). The number of amides is 1. The maximum atomic E-state index is 12.2. The summed E-state index contributed by atoms with van der Waals surface area (Å²) in [5.41, 5.74) is 2.43. The van der Waals surface area contributed by atoms with Crippen LogP contribution in [0.4, 0.5) is 5.69 Å². The average Bonchev–Trinajstić information content (AvgIpc) is 3.01. The lowest BCUT2D eigenvalue weighted by molar-refractivity contribution is -0.125. The minimum absolute atomic E-state index is 0.135. The molecule has 6 nitrogen and oxygen atoms in total. The summed E-state index contributed by atoms with van der Waals surface area (Å²) in [6.45, 7) is 4.20. The van der Waals surface area contributed by atoms with E-state index in [2.05, 4.69) is 10.3 Å². The Morgan fingerprint density at radius 3 is 2.41 bits per heavy atom. The van der Waals surface area contributed by atoms with E-state index in [4.69, 9.17) is 9.15 Å². The summed E-state index contributed by atoms with van der Waals surface area (Å²) in [6.07, 6.45) is 0.726. The van der Waals surface area contributed by atoms with E-state index < -0.39 is 0 Å². The Kier molecular flexibility index (Phi) is 6.79. The number of nitrogens with zero attached hydrogens (tertiary/aromatic N) is 1. The maximum absolute atomic E-state index is 12.2. The topological polar surface area (TPSA) is 81.4 Å². The van der Waals surface area contributed by atoms with Crippen molar-refractivity contribution in [3.8, 4) is 5.75 Å². The van der Waals surface area contributed by atoms with Crippen LogP contribution in [0.2, 0.25) is 0 Å². The van der Waals surface area contributed by atoms with E-state index in [1.54, 1.807) is 12.1 Å². The zero-order chi connectivity index (χ0) is 20.6. The molecule has 0 saturated heterocycles. The van der Waals surface area contributed by atoms with Crippen molar-refractivity contribution in [2.75, 3.05) is 11.9 Å². The standard InChI is InChI=1S/C23H24N2O4/c1-16-22(24-17(2)29-16)12-13-28-21-10-8-18(9-11-21)14-20(26)15-23(27)25-19-6-4-3-5-7-19/h3-11H,12-15H2,1-2H3,(H,25,27). The molecule has 1 aromatic heterocycles. The zero-order valence-electron chi connectivity index (χ0n) is 16.6. The van der Waals surface area contributed by atoms with Gasteiger partial charge in [0.05, 0.1) is 18.7 Å². The fourth-order valence-corrected chi connectivity index (χ4v) is 2.97. The van der Waals surface area contributed by atoms with Gasteiger partial charge in [-0.1, -0.05) is 30.3 Å².